The van der Waals surface area contributed by atoms with Crippen LogP contribution in [0, 0.1) is 18.3 Å². The van der Waals surface area contributed by atoms with Crippen LogP contribution in [-0.2, 0) is 0 Å². The van der Waals surface area contributed by atoms with Crippen LogP contribution in [0.15, 0.2) is 78.9 Å². The third-order valence-electron chi connectivity index (χ3n) is 5.74. The number of benzene rings is 3. The van der Waals surface area contributed by atoms with Gasteiger partial charge in [-0.25, -0.2) is 0 Å². The van der Waals surface area contributed by atoms with E-state index in [0.29, 0.717) is 5.56 Å². The van der Waals surface area contributed by atoms with Gasteiger partial charge in [0, 0.05) is 11.5 Å². The Labute approximate surface area is 170 Å². The molecule has 1 N–H and O–H groups in total. The molecule has 1 aliphatic rings. The molecule has 29 heavy (non-hydrogen) atoms. The lowest BCUT2D eigenvalue weighted by Crippen LogP contribution is -2.65. The van der Waals surface area contributed by atoms with E-state index in [2.05, 4.69) is 25.1 Å². The SMILES string of the molecule is Cc1ccccc1-c1ccccc1[C@H]1[C@@H](CO)N(C(=O)c2ccccc2)[C@H]1C#N. The molecule has 4 rings (SSSR count). The van der Waals surface area contributed by atoms with Crippen LogP contribution in [0.2, 0.25) is 0 Å². The predicted octanol–water partition coefficient (Wildman–Crippen LogP) is 4.15. The van der Waals surface area contributed by atoms with Gasteiger partial charge in [0.25, 0.3) is 5.91 Å². The van der Waals surface area contributed by atoms with E-state index in [1.54, 1.807) is 24.3 Å². The zero-order valence-electron chi connectivity index (χ0n) is 16.2. The molecule has 0 saturated carbocycles. The van der Waals surface area contributed by atoms with Gasteiger partial charge in [0.1, 0.15) is 6.04 Å². The second kappa shape index (κ2) is 7.90. The van der Waals surface area contributed by atoms with Gasteiger partial charge in [-0.1, -0.05) is 66.7 Å². The molecule has 0 radical (unpaired) electrons. The molecule has 1 heterocycles. The van der Waals surface area contributed by atoms with Crippen molar-refractivity contribution in [1.82, 2.24) is 4.90 Å². The highest BCUT2D eigenvalue weighted by Gasteiger charge is 2.52. The summed E-state index contributed by atoms with van der Waals surface area (Å²) >= 11 is 0. The van der Waals surface area contributed by atoms with Gasteiger partial charge in [0.05, 0.1) is 18.7 Å². The van der Waals surface area contributed by atoms with Crippen molar-refractivity contribution in [2.24, 2.45) is 0 Å². The van der Waals surface area contributed by atoms with Gasteiger partial charge in [-0.15, -0.1) is 0 Å². The summed E-state index contributed by atoms with van der Waals surface area (Å²) in [7, 11) is 0. The van der Waals surface area contributed by atoms with E-state index in [1.165, 1.54) is 4.90 Å². The van der Waals surface area contributed by atoms with Gasteiger partial charge in [0.2, 0.25) is 0 Å². The molecule has 1 saturated heterocycles. The number of carbonyl (C=O) groups excluding carboxylic acids is 1. The molecule has 0 bridgehead atoms. The van der Waals surface area contributed by atoms with Crippen LogP contribution < -0.4 is 0 Å². The van der Waals surface area contributed by atoms with E-state index in [9.17, 15) is 15.2 Å². The Morgan fingerprint density at radius 3 is 2.24 bits per heavy atom. The molecule has 0 aromatic heterocycles. The van der Waals surface area contributed by atoms with Crippen LogP contribution in [0.4, 0.5) is 0 Å². The van der Waals surface area contributed by atoms with E-state index < -0.39 is 12.1 Å². The van der Waals surface area contributed by atoms with Crippen molar-refractivity contribution in [3.05, 3.63) is 95.6 Å². The number of amides is 1. The summed E-state index contributed by atoms with van der Waals surface area (Å²) in [4.78, 5) is 14.5. The lowest BCUT2D eigenvalue weighted by molar-refractivity contribution is -0.00571. The van der Waals surface area contributed by atoms with Crippen molar-refractivity contribution in [3.63, 3.8) is 0 Å². The highest BCUT2D eigenvalue weighted by Crippen LogP contribution is 2.45. The number of hydrogen-bond acceptors (Lipinski definition) is 3. The average Bonchev–Trinajstić information content (AvgIpc) is 2.75. The van der Waals surface area contributed by atoms with Gasteiger partial charge in [-0.05, 0) is 41.3 Å². The van der Waals surface area contributed by atoms with Crippen LogP contribution in [0.1, 0.15) is 27.4 Å². The minimum absolute atomic E-state index is 0.191. The molecule has 3 aromatic rings. The van der Waals surface area contributed by atoms with Crippen molar-refractivity contribution >= 4 is 5.91 Å². The number of nitriles is 1. The standard InChI is InChI=1S/C25H22N2O2/c1-17-9-5-6-12-19(17)20-13-7-8-14-21(20)24-22(15-26)27(23(24)16-28)25(29)18-10-3-2-4-11-18/h2-14,22-24,28H,16H2,1H3/t22-,23+,24+/m0/s1. The van der Waals surface area contributed by atoms with E-state index in [-0.39, 0.29) is 18.4 Å². The fourth-order valence-corrected chi connectivity index (χ4v) is 4.30. The minimum Gasteiger partial charge on any atom is -0.394 e. The van der Waals surface area contributed by atoms with Crippen LogP contribution in [0.3, 0.4) is 0 Å². The summed E-state index contributed by atoms with van der Waals surface area (Å²) < 4.78 is 0. The van der Waals surface area contributed by atoms with Crippen molar-refractivity contribution in [2.45, 2.75) is 24.9 Å². The minimum atomic E-state index is -0.620. The molecule has 3 atom stereocenters. The fourth-order valence-electron chi connectivity index (χ4n) is 4.30. The fraction of sp³-hybridized carbons (Fsp3) is 0.200. The molecular formula is C25H22N2O2. The van der Waals surface area contributed by atoms with Crippen molar-refractivity contribution < 1.29 is 9.90 Å². The molecule has 1 fully saturated rings. The van der Waals surface area contributed by atoms with Gasteiger partial charge in [-0.3, -0.25) is 4.79 Å². The second-order valence-electron chi connectivity index (χ2n) is 7.33. The van der Waals surface area contributed by atoms with E-state index in [0.717, 1.165) is 22.3 Å². The van der Waals surface area contributed by atoms with Crippen LogP contribution in [-0.4, -0.2) is 34.6 Å². The van der Waals surface area contributed by atoms with Gasteiger partial charge < -0.3 is 10.0 Å². The molecule has 144 valence electrons. The van der Waals surface area contributed by atoms with E-state index in [4.69, 9.17) is 0 Å². The van der Waals surface area contributed by atoms with Crippen LogP contribution in [0.5, 0.6) is 0 Å². The summed E-state index contributed by atoms with van der Waals surface area (Å²) in [6.45, 7) is 1.87. The maximum Gasteiger partial charge on any atom is 0.255 e. The van der Waals surface area contributed by atoms with Crippen molar-refractivity contribution in [2.75, 3.05) is 6.61 Å². The normalized spacial score (nSPS) is 20.6. The lowest BCUT2D eigenvalue weighted by atomic mass is 9.73. The number of rotatable bonds is 4. The molecule has 4 heteroatoms. The number of aryl methyl sites for hydroxylation is 1. The zero-order valence-corrected chi connectivity index (χ0v) is 16.2. The zero-order chi connectivity index (χ0) is 20.4. The third-order valence-corrected chi connectivity index (χ3v) is 5.74. The molecule has 0 spiro atoms. The summed E-state index contributed by atoms with van der Waals surface area (Å²) in [5, 5.41) is 20.0. The Morgan fingerprint density at radius 1 is 0.966 bits per heavy atom. The Bertz CT molecular complexity index is 1070. The van der Waals surface area contributed by atoms with Gasteiger partial charge in [0.15, 0.2) is 0 Å². The maximum absolute atomic E-state index is 13.0. The number of aliphatic hydroxyl groups is 1. The average molecular weight is 382 g/mol. The molecule has 0 unspecified atom stereocenters. The quantitative estimate of drug-likeness (QED) is 0.737. The Balaban J connectivity index is 1.75. The first-order valence-corrected chi connectivity index (χ1v) is 9.70. The largest absolute Gasteiger partial charge is 0.394 e. The van der Waals surface area contributed by atoms with E-state index in [1.807, 2.05) is 42.5 Å². The first kappa shape index (κ1) is 18.9. The van der Waals surface area contributed by atoms with Gasteiger partial charge >= 0.3 is 0 Å². The van der Waals surface area contributed by atoms with Crippen molar-refractivity contribution in [1.29, 1.82) is 5.26 Å². The highest BCUT2D eigenvalue weighted by molar-refractivity contribution is 5.96. The number of nitrogens with zero attached hydrogens (tertiary/aromatic N) is 2. The first-order chi connectivity index (χ1) is 14.2. The molecule has 1 aliphatic heterocycles. The number of likely N-dealkylation sites (tertiary alicyclic amines) is 1. The Morgan fingerprint density at radius 2 is 1.59 bits per heavy atom. The topological polar surface area (TPSA) is 64.3 Å². The molecular weight excluding hydrogens is 360 g/mol. The Kier molecular flexibility index (Phi) is 5.16. The molecule has 1 amide bonds. The number of carbonyl (C=O) groups is 1. The second-order valence-corrected chi connectivity index (χ2v) is 7.33. The monoisotopic (exact) mass is 382 g/mol. The third kappa shape index (κ3) is 3.20. The number of aliphatic hydroxyl groups excluding tert-OH is 1. The maximum atomic E-state index is 13.0. The molecule has 3 aromatic carbocycles. The molecule has 4 nitrogen and oxygen atoms in total. The molecule has 0 aliphatic carbocycles. The summed E-state index contributed by atoms with van der Waals surface area (Å²) in [6, 6.07) is 26.3. The predicted molar refractivity (Wildman–Crippen MR) is 112 cm³/mol. The summed E-state index contributed by atoms with van der Waals surface area (Å²) in [5.74, 6) is -0.464. The van der Waals surface area contributed by atoms with Gasteiger partial charge in [-0.2, -0.15) is 5.26 Å². The van der Waals surface area contributed by atoms with Crippen molar-refractivity contribution in [3.8, 4) is 17.2 Å². The first-order valence-electron chi connectivity index (χ1n) is 9.70. The lowest BCUT2D eigenvalue weighted by Gasteiger charge is -2.52. The summed E-state index contributed by atoms with van der Waals surface area (Å²) in [6.07, 6.45) is 0. The summed E-state index contributed by atoms with van der Waals surface area (Å²) in [5.41, 5.74) is 4.80. The van der Waals surface area contributed by atoms with E-state index >= 15 is 0 Å². The number of hydrogen-bond donors (Lipinski definition) is 1. The smallest absolute Gasteiger partial charge is 0.255 e. The van der Waals surface area contributed by atoms with Crippen LogP contribution in [0.25, 0.3) is 11.1 Å². The highest BCUT2D eigenvalue weighted by atomic mass is 16.3. The Hall–Kier alpha value is -3.42. The van der Waals surface area contributed by atoms with Crippen LogP contribution >= 0.6 is 0 Å².